The maximum Gasteiger partial charge on any atom is 0.175 e. The Balaban J connectivity index is 2.12. The molecule has 3 aromatic rings. The SMILES string of the molecule is CC(C)(C)c1nn2nc(-c3ccccc3CS(C)(=O)=O)[nH]c2c1Cl. The van der Waals surface area contributed by atoms with Crippen LogP contribution in [0.25, 0.3) is 17.0 Å². The van der Waals surface area contributed by atoms with Gasteiger partial charge in [-0.1, -0.05) is 56.6 Å². The van der Waals surface area contributed by atoms with Gasteiger partial charge >= 0.3 is 0 Å². The topological polar surface area (TPSA) is 80.1 Å². The Labute approximate surface area is 145 Å². The lowest BCUT2D eigenvalue weighted by atomic mass is 9.92. The Morgan fingerprint density at radius 2 is 1.88 bits per heavy atom. The Morgan fingerprint density at radius 3 is 2.46 bits per heavy atom. The Kier molecular flexibility index (Phi) is 3.96. The highest BCUT2D eigenvalue weighted by atomic mass is 35.5. The summed E-state index contributed by atoms with van der Waals surface area (Å²) in [7, 11) is -3.15. The van der Waals surface area contributed by atoms with Gasteiger partial charge in [0.2, 0.25) is 0 Å². The molecular weight excluding hydrogens is 348 g/mol. The average molecular weight is 367 g/mol. The lowest BCUT2D eigenvalue weighted by Gasteiger charge is -2.14. The molecule has 0 saturated carbocycles. The van der Waals surface area contributed by atoms with E-state index in [-0.39, 0.29) is 11.2 Å². The molecule has 24 heavy (non-hydrogen) atoms. The van der Waals surface area contributed by atoms with Crippen LogP contribution in [0, 0.1) is 0 Å². The number of hydrogen-bond donors (Lipinski definition) is 1. The fraction of sp³-hybridized carbons (Fsp3) is 0.375. The summed E-state index contributed by atoms with van der Waals surface area (Å²) in [5.41, 5.74) is 2.58. The number of hydrogen-bond acceptors (Lipinski definition) is 4. The van der Waals surface area contributed by atoms with E-state index in [1.165, 1.54) is 10.9 Å². The number of aromatic nitrogens is 4. The van der Waals surface area contributed by atoms with Gasteiger partial charge in [-0.25, -0.2) is 8.42 Å². The molecule has 6 nitrogen and oxygen atoms in total. The van der Waals surface area contributed by atoms with Gasteiger partial charge in [0.05, 0.1) is 11.4 Å². The second-order valence-corrected chi connectivity index (χ2v) is 9.47. The van der Waals surface area contributed by atoms with E-state index >= 15 is 0 Å². The number of halogens is 1. The molecule has 0 atom stereocenters. The second kappa shape index (κ2) is 5.60. The Morgan fingerprint density at radius 1 is 1.21 bits per heavy atom. The average Bonchev–Trinajstić information content (AvgIpc) is 2.97. The van der Waals surface area contributed by atoms with E-state index < -0.39 is 9.84 Å². The van der Waals surface area contributed by atoms with Crippen molar-refractivity contribution in [1.29, 1.82) is 0 Å². The number of aromatic amines is 1. The summed E-state index contributed by atoms with van der Waals surface area (Å²) in [4.78, 5) is 3.16. The third-order valence-electron chi connectivity index (χ3n) is 3.64. The summed E-state index contributed by atoms with van der Waals surface area (Å²) >= 11 is 6.44. The fourth-order valence-electron chi connectivity index (χ4n) is 2.56. The minimum atomic E-state index is -3.15. The molecule has 0 bridgehead atoms. The van der Waals surface area contributed by atoms with Crippen molar-refractivity contribution in [3.8, 4) is 11.4 Å². The number of nitrogens with zero attached hydrogens (tertiary/aromatic N) is 3. The van der Waals surface area contributed by atoms with Gasteiger partial charge in [0, 0.05) is 17.2 Å². The minimum absolute atomic E-state index is 0.0485. The lowest BCUT2D eigenvalue weighted by Crippen LogP contribution is -2.13. The van der Waals surface area contributed by atoms with Crippen molar-refractivity contribution in [2.24, 2.45) is 0 Å². The second-order valence-electron chi connectivity index (χ2n) is 6.95. The van der Waals surface area contributed by atoms with Gasteiger partial charge in [-0.05, 0) is 5.56 Å². The molecule has 128 valence electrons. The van der Waals surface area contributed by atoms with Crippen LogP contribution in [0.5, 0.6) is 0 Å². The molecule has 0 unspecified atom stereocenters. The summed E-state index contributed by atoms with van der Waals surface area (Å²) in [5, 5.41) is 9.43. The van der Waals surface area contributed by atoms with E-state index in [4.69, 9.17) is 11.6 Å². The van der Waals surface area contributed by atoms with Crippen molar-refractivity contribution in [2.45, 2.75) is 31.9 Å². The summed E-state index contributed by atoms with van der Waals surface area (Å²) in [5.74, 6) is 0.492. The molecule has 1 N–H and O–H groups in total. The molecule has 0 fully saturated rings. The molecule has 2 heterocycles. The predicted molar refractivity (Wildman–Crippen MR) is 95.0 cm³/mol. The molecule has 0 aliphatic carbocycles. The molecule has 0 saturated heterocycles. The first-order chi connectivity index (χ1) is 11.1. The molecule has 1 aromatic carbocycles. The van der Waals surface area contributed by atoms with Crippen LogP contribution in [-0.4, -0.2) is 34.5 Å². The molecule has 0 spiro atoms. The standard InChI is InChI=1S/C16H19ClN4O2S/c1-16(2,3)13-12(17)15-18-14(20-21(15)19-13)11-8-6-5-7-10(11)9-24(4,22)23/h5-8H,9H2,1-4H3,(H,18,20). The van der Waals surface area contributed by atoms with Crippen LogP contribution in [-0.2, 0) is 21.0 Å². The minimum Gasteiger partial charge on any atom is -0.320 e. The Hall–Kier alpha value is -1.86. The van der Waals surface area contributed by atoms with Crippen LogP contribution in [0.2, 0.25) is 5.02 Å². The highest BCUT2D eigenvalue weighted by Gasteiger charge is 2.25. The van der Waals surface area contributed by atoms with E-state index in [9.17, 15) is 8.42 Å². The largest absolute Gasteiger partial charge is 0.320 e. The monoisotopic (exact) mass is 366 g/mol. The Bertz CT molecular complexity index is 1010. The van der Waals surface area contributed by atoms with E-state index in [0.717, 1.165) is 11.3 Å². The number of rotatable bonds is 3. The normalized spacial score (nSPS) is 12.9. The van der Waals surface area contributed by atoms with E-state index in [1.54, 1.807) is 6.07 Å². The third-order valence-corrected chi connectivity index (χ3v) is 4.84. The van der Waals surface area contributed by atoms with Crippen molar-refractivity contribution < 1.29 is 8.42 Å². The maximum atomic E-state index is 11.6. The quantitative estimate of drug-likeness (QED) is 0.771. The summed E-state index contributed by atoms with van der Waals surface area (Å²) in [6, 6.07) is 7.26. The van der Waals surface area contributed by atoms with Crippen molar-refractivity contribution in [3.05, 3.63) is 40.5 Å². The van der Waals surface area contributed by atoms with Gasteiger partial charge in [0.1, 0.15) is 5.02 Å². The number of benzene rings is 1. The van der Waals surface area contributed by atoms with Gasteiger partial charge in [0.15, 0.2) is 21.3 Å². The molecule has 0 aliphatic rings. The number of H-pyrrole nitrogens is 1. The first-order valence-electron chi connectivity index (χ1n) is 7.47. The van der Waals surface area contributed by atoms with Crippen molar-refractivity contribution in [2.75, 3.05) is 6.26 Å². The summed E-state index contributed by atoms with van der Waals surface area (Å²) < 4.78 is 24.8. The van der Waals surface area contributed by atoms with Crippen LogP contribution in [0.15, 0.2) is 24.3 Å². The molecule has 0 aliphatic heterocycles. The summed E-state index contributed by atoms with van der Waals surface area (Å²) in [6.07, 6.45) is 1.21. The predicted octanol–water partition coefficient (Wildman–Crippen LogP) is 3.22. The van der Waals surface area contributed by atoms with Crippen LogP contribution >= 0.6 is 11.6 Å². The van der Waals surface area contributed by atoms with Gasteiger partial charge in [-0.15, -0.1) is 9.73 Å². The molecule has 2 aromatic heterocycles. The zero-order chi connectivity index (χ0) is 17.7. The maximum absolute atomic E-state index is 11.6. The summed E-state index contributed by atoms with van der Waals surface area (Å²) in [6.45, 7) is 6.09. The molecule has 3 rings (SSSR count). The number of fused-ring (bicyclic) bond motifs is 1. The van der Waals surface area contributed by atoms with Crippen molar-refractivity contribution in [3.63, 3.8) is 0 Å². The first kappa shape index (κ1) is 17.0. The molecular formula is C16H19ClN4O2S. The van der Waals surface area contributed by atoms with Crippen LogP contribution in [0.4, 0.5) is 0 Å². The zero-order valence-electron chi connectivity index (χ0n) is 14.0. The van der Waals surface area contributed by atoms with Crippen LogP contribution in [0.3, 0.4) is 0 Å². The highest BCUT2D eigenvalue weighted by Crippen LogP contribution is 2.32. The smallest absolute Gasteiger partial charge is 0.175 e. The third kappa shape index (κ3) is 3.18. The molecule has 8 heteroatoms. The number of nitrogens with one attached hydrogen (secondary N) is 1. The van der Waals surface area contributed by atoms with Gasteiger partial charge in [0.25, 0.3) is 0 Å². The van der Waals surface area contributed by atoms with E-state index in [0.29, 0.717) is 22.1 Å². The first-order valence-corrected chi connectivity index (χ1v) is 9.91. The highest BCUT2D eigenvalue weighted by molar-refractivity contribution is 7.89. The van der Waals surface area contributed by atoms with Gasteiger partial charge < -0.3 is 4.98 Å². The van der Waals surface area contributed by atoms with Gasteiger partial charge in [-0.2, -0.15) is 5.10 Å². The molecule has 0 radical (unpaired) electrons. The van der Waals surface area contributed by atoms with Crippen LogP contribution in [0.1, 0.15) is 32.0 Å². The number of sulfone groups is 1. The van der Waals surface area contributed by atoms with Crippen molar-refractivity contribution in [1.82, 2.24) is 19.8 Å². The lowest BCUT2D eigenvalue weighted by molar-refractivity contribution is 0.557. The van der Waals surface area contributed by atoms with Crippen molar-refractivity contribution >= 4 is 27.1 Å². The van der Waals surface area contributed by atoms with E-state index in [2.05, 4.69) is 15.2 Å². The van der Waals surface area contributed by atoms with Crippen LogP contribution < -0.4 is 0 Å². The molecule has 0 amide bonds. The van der Waals surface area contributed by atoms with E-state index in [1.807, 2.05) is 39.0 Å². The fourth-order valence-corrected chi connectivity index (χ4v) is 3.82. The zero-order valence-corrected chi connectivity index (χ0v) is 15.5. The van der Waals surface area contributed by atoms with Gasteiger partial charge in [-0.3, -0.25) is 0 Å².